The lowest BCUT2D eigenvalue weighted by molar-refractivity contribution is -0.118. The van der Waals surface area contributed by atoms with Crippen LogP contribution in [-0.2, 0) is 11.3 Å². The molecule has 0 saturated heterocycles. The maximum Gasteiger partial charge on any atom is 0.272 e. The third-order valence-electron chi connectivity index (χ3n) is 3.88. The Kier molecular flexibility index (Phi) is 5.60. The van der Waals surface area contributed by atoms with Gasteiger partial charge in [-0.1, -0.05) is 18.7 Å². The van der Waals surface area contributed by atoms with Crippen LogP contribution in [0.25, 0.3) is 10.2 Å². The molecule has 0 radical (unpaired) electrons. The number of hydrogen-bond donors (Lipinski definition) is 1. The van der Waals surface area contributed by atoms with Crippen molar-refractivity contribution in [3.63, 3.8) is 0 Å². The van der Waals surface area contributed by atoms with Crippen LogP contribution in [0.15, 0.2) is 44.2 Å². The smallest absolute Gasteiger partial charge is 0.272 e. The number of thiophene rings is 1. The molecule has 132 valence electrons. The van der Waals surface area contributed by atoms with Gasteiger partial charge in [-0.2, -0.15) is 0 Å². The quantitative estimate of drug-likeness (QED) is 0.504. The Morgan fingerprint density at radius 1 is 1.48 bits per heavy atom. The van der Waals surface area contributed by atoms with E-state index < -0.39 is 0 Å². The summed E-state index contributed by atoms with van der Waals surface area (Å²) in [5, 5.41) is 5.25. The van der Waals surface area contributed by atoms with Gasteiger partial charge in [-0.3, -0.25) is 14.2 Å². The number of nitrogens with one attached hydrogen (secondary N) is 1. The molecule has 1 unspecified atom stereocenters. The molecule has 3 aromatic heterocycles. The summed E-state index contributed by atoms with van der Waals surface area (Å²) in [6.07, 6.45) is 2.39. The fraction of sp³-hybridized carbons (Fsp3) is 0.353. The van der Waals surface area contributed by atoms with E-state index in [4.69, 9.17) is 4.42 Å². The van der Waals surface area contributed by atoms with Crippen molar-refractivity contribution in [2.45, 2.75) is 38.0 Å². The highest BCUT2D eigenvalue weighted by Gasteiger charge is 2.17. The number of aromatic nitrogens is 2. The average molecular weight is 377 g/mol. The molecule has 0 saturated carbocycles. The van der Waals surface area contributed by atoms with Gasteiger partial charge < -0.3 is 9.73 Å². The van der Waals surface area contributed by atoms with Crippen LogP contribution < -0.4 is 10.9 Å². The van der Waals surface area contributed by atoms with Gasteiger partial charge in [0.05, 0.1) is 24.1 Å². The van der Waals surface area contributed by atoms with Crippen molar-refractivity contribution in [2.75, 3.05) is 5.75 Å². The molecule has 1 N–H and O–H groups in total. The second-order valence-electron chi connectivity index (χ2n) is 5.61. The number of amides is 1. The number of furan rings is 1. The zero-order chi connectivity index (χ0) is 17.8. The molecule has 0 aliphatic carbocycles. The van der Waals surface area contributed by atoms with E-state index in [1.807, 2.05) is 25.3 Å². The van der Waals surface area contributed by atoms with Gasteiger partial charge in [0.25, 0.3) is 5.56 Å². The minimum Gasteiger partial charge on any atom is -0.467 e. The Bertz CT molecular complexity index is 915. The first-order valence-corrected chi connectivity index (χ1v) is 9.88. The number of thioether (sulfide) groups is 1. The number of fused-ring (bicyclic) bond motifs is 1. The summed E-state index contributed by atoms with van der Waals surface area (Å²) in [6.45, 7) is 4.37. The lowest BCUT2D eigenvalue weighted by atomic mass is 10.2. The van der Waals surface area contributed by atoms with Gasteiger partial charge in [0.15, 0.2) is 5.16 Å². The van der Waals surface area contributed by atoms with Gasteiger partial charge >= 0.3 is 0 Å². The van der Waals surface area contributed by atoms with E-state index in [0.29, 0.717) is 27.7 Å². The Labute approximate surface area is 153 Å². The standard InChI is InChI=1S/C17H19N3O3S2/c1-3-11(2)20-16(22)15-13(6-8-24-15)19-17(20)25-10-14(21)18-9-12-5-4-7-23-12/h4-8,11H,3,9-10H2,1-2H3,(H,18,21). The van der Waals surface area contributed by atoms with Crippen molar-refractivity contribution in [1.82, 2.24) is 14.9 Å². The zero-order valence-corrected chi connectivity index (χ0v) is 15.7. The van der Waals surface area contributed by atoms with E-state index in [1.54, 1.807) is 23.0 Å². The topological polar surface area (TPSA) is 77.1 Å². The van der Waals surface area contributed by atoms with E-state index >= 15 is 0 Å². The molecule has 3 heterocycles. The molecule has 0 fully saturated rings. The van der Waals surface area contributed by atoms with E-state index in [-0.39, 0.29) is 23.3 Å². The van der Waals surface area contributed by atoms with Crippen LogP contribution in [0.1, 0.15) is 32.1 Å². The molecule has 0 spiro atoms. The van der Waals surface area contributed by atoms with Gasteiger partial charge in [-0.15, -0.1) is 11.3 Å². The van der Waals surface area contributed by atoms with Crippen molar-refractivity contribution in [3.05, 3.63) is 46.0 Å². The maximum absolute atomic E-state index is 12.7. The summed E-state index contributed by atoms with van der Waals surface area (Å²) in [5.74, 6) is 0.767. The van der Waals surface area contributed by atoms with Crippen LogP contribution in [0.3, 0.4) is 0 Å². The van der Waals surface area contributed by atoms with Crippen LogP contribution in [0, 0.1) is 0 Å². The van der Waals surface area contributed by atoms with Crippen molar-refractivity contribution in [1.29, 1.82) is 0 Å². The predicted octanol–water partition coefficient (Wildman–Crippen LogP) is 3.43. The minimum atomic E-state index is -0.128. The Hall–Kier alpha value is -2.06. The third kappa shape index (κ3) is 3.96. The molecule has 0 aliphatic rings. The molecule has 3 rings (SSSR count). The van der Waals surface area contributed by atoms with Crippen LogP contribution in [0.4, 0.5) is 0 Å². The molecule has 6 nitrogen and oxygen atoms in total. The summed E-state index contributed by atoms with van der Waals surface area (Å²) < 4.78 is 7.55. The van der Waals surface area contributed by atoms with Crippen LogP contribution in [-0.4, -0.2) is 21.2 Å². The van der Waals surface area contributed by atoms with Gasteiger partial charge in [-0.05, 0) is 36.9 Å². The molecular formula is C17H19N3O3S2. The molecule has 3 aromatic rings. The van der Waals surface area contributed by atoms with Crippen molar-refractivity contribution >= 4 is 39.2 Å². The summed E-state index contributed by atoms with van der Waals surface area (Å²) >= 11 is 2.68. The molecular weight excluding hydrogens is 358 g/mol. The Morgan fingerprint density at radius 3 is 3.04 bits per heavy atom. The van der Waals surface area contributed by atoms with E-state index in [2.05, 4.69) is 10.3 Å². The molecule has 0 aliphatic heterocycles. The fourth-order valence-corrected chi connectivity index (χ4v) is 4.05. The number of rotatable bonds is 7. The number of hydrogen-bond acceptors (Lipinski definition) is 6. The molecule has 8 heteroatoms. The van der Waals surface area contributed by atoms with Crippen LogP contribution in [0.2, 0.25) is 0 Å². The van der Waals surface area contributed by atoms with Crippen molar-refractivity contribution in [2.24, 2.45) is 0 Å². The first kappa shape index (κ1) is 17.8. The fourth-order valence-electron chi connectivity index (χ4n) is 2.36. The summed E-state index contributed by atoms with van der Waals surface area (Å²) in [4.78, 5) is 29.4. The Morgan fingerprint density at radius 2 is 2.32 bits per heavy atom. The molecule has 1 atom stereocenters. The normalized spacial score (nSPS) is 12.4. The monoisotopic (exact) mass is 377 g/mol. The Balaban J connectivity index is 1.75. The summed E-state index contributed by atoms with van der Waals surface area (Å²) in [6, 6.07) is 5.45. The van der Waals surface area contributed by atoms with Crippen molar-refractivity contribution < 1.29 is 9.21 Å². The van der Waals surface area contributed by atoms with Crippen LogP contribution >= 0.6 is 23.1 Å². The third-order valence-corrected chi connectivity index (χ3v) is 5.73. The van der Waals surface area contributed by atoms with Crippen molar-refractivity contribution in [3.8, 4) is 0 Å². The second kappa shape index (κ2) is 7.88. The van der Waals surface area contributed by atoms with Gasteiger partial charge in [0, 0.05) is 6.04 Å². The second-order valence-corrected chi connectivity index (χ2v) is 7.47. The number of carbonyl (C=O) groups excluding carboxylic acids is 1. The van der Waals surface area contributed by atoms with E-state index in [0.717, 1.165) is 6.42 Å². The van der Waals surface area contributed by atoms with Gasteiger partial charge in [0.2, 0.25) is 5.91 Å². The number of nitrogens with zero attached hydrogens (tertiary/aromatic N) is 2. The van der Waals surface area contributed by atoms with Gasteiger partial charge in [-0.25, -0.2) is 4.98 Å². The zero-order valence-electron chi connectivity index (χ0n) is 14.0. The summed E-state index contributed by atoms with van der Waals surface area (Å²) in [5.41, 5.74) is 0.654. The molecule has 1 amide bonds. The largest absolute Gasteiger partial charge is 0.467 e. The summed E-state index contributed by atoms with van der Waals surface area (Å²) in [7, 11) is 0. The molecule has 25 heavy (non-hydrogen) atoms. The lowest BCUT2D eigenvalue weighted by Gasteiger charge is -2.17. The first-order chi connectivity index (χ1) is 12.1. The highest BCUT2D eigenvalue weighted by Crippen LogP contribution is 2.24. The molecule has 0 aromatic carbocycles. The highest BCUT2D eigenvalue weighted by molar-refractivity contribution is 7.99. The average Bonchev–Trinajstić information content (AvgIpc) is 3.29. The van der Waals surface area contributed by atoms with E-state index in [9.17, 15) is 9.59 Å². The SMILES string of the molecule is CCC(C)n1c(SCC(=O)NCc2ccco2)nc2ccsc2c1=O. The highest BCUT2D eigenvalue weighted by atomic mass is 32.2. The number of carbonyl (C=O) groups is 1. The van der Waals surface area contributed by atoms with Crippen LogP contribution in [0.5, 0.6) is 0 Å². The first-order valence-electron chi connectivity index (χ1n) is 8.01. The minimum absolute atomic E-state index is 0.0279. The van der Waals surface area contributed by atoms with E-state index in [1.165, 1.54) is 23.1 Å². The lowest BCUT2D eigenvalue weighted by Crippen LogP contribution is -2.27. The molecule has 0 bridgehead atoms. The van der Waals surface area contributed by atoms with Gasteiger partial charge in [0.1, 0.15) is 10.5 Å². The maximum atomic E-state index is 12.7. The predicted molar refractivity (Wildman–Crippen MR) is 100 cm³/mol.